The zero-order valence-corrected chi connectivity index (χ0v) is 19.6. The van der Waals surface area contributed by atoms with Crippen LogP contribution in [0.2, 0.25) is 0 Å². The molecule has 2 unspecified atom stereocenters. The molecular weight excluding hydrogens is 380 g/mol. The van der Waals surface area contributed by atoms with E-state index in [-0.39, 0.29) is 5.54 Å². The van der Waals surface area contributed by atoms with Crippen molar-refractivity contribution < 1.29 is 5.11 Å². The lowest BCUT2D eigenvalue weighted by Gasteiger charge is -2.47. The molecule has 1 aliphatic rings. The van der Waals surface area contributed by atoms with Crippen LogP contribution in [0.3, 0.4) is 0 Å². The minimum Gasteiger partial charge on any atom is -0.372 e. The van der Waals surface area contributed by atoms with Crippen LogP contribution in [0.25, 0.3) is 10.8 Å². The number of anilines is 1. The van der Waals surface area contributed by atoms with Gasteiger partial charge in [0.15, 0.2) is 0 Å². The average molecular weight is 415 g/mol. The Bertz CT molecular complexity index is 1140. The molecule has 0 bridgehead atoms. The van der Waals surface area contributed by atoms with E-state index in [1.165, 1.54) is 27.6 Å². The second-order valence-corrected chi connectivity index (χ2v) is 9.52. The minimum absolute atomic E-state index is 0.145. The van der Waals surface area contributed by atoms with E-state index in [9.17, 15) is 5.11 Å². The summed E-state index contributed by atoms with van der Waals surface area (Å²) in [6.07, 6.45) is 0.349. The molecule has 0 fully saturated rings. The van der Waals surface area contributed by atoms with E-state index < -0.39 is 6.23 Å². The van der Waals surface area contributed by atoms with Gasteiger partial charge in [0.1, 0.15) is 6.23 Å². The topological polar surface area (TPSA) is 35.8 Å². The Balaban J connectivity index is 1.92. The molecule has 31 heavy (non-hydrogen) atoms. The summed E-state index contributed by atoms with van der Waals surface area (Å²) in [5, 5.41) is 12.6. The molecular formula is C28H34N2O. The van der Waals surface area contributed by atoms with Crippen molar-refractivity contribution >= 4 is 22.2 Å². The van der Waals surface area contributed by atoms with Crippen LogP contribution in [0, 0.1) is 6.92 Å². The van der Waals surface area contributed by atoms with Crippen molar-refractivity contribution in [1.82, 2.24) is 0 Å². The summed E-state index contributed by atoms with van der Waals surface area (Å²) in [5.74, 6) is 0.467. The van der Waals surface area contributed by atoms with E-state index in [2.05, 4.69) is 94.1 Å². The van der Waals surface area contributed by atoms with Crippen molar-refractivity contribution in [2.75, 3.05) is 11.4 Å². The van der Waals surface area contributed by atoms with Gasteiger partial charge in [-0.1, -0.05) is 49.4 Å². The van der Waals surface area contributed by atoms with Crippen molar-refractivity contribution in [1.29, 1.82) is 0 Å². The number of benzene rings is 3. The van der Waals surface area contributed by atoms with Crippen LogP contribution >= 0.6 is 0 Å². The van der Waals surface area contributed by atoms with Gasteiger partial charge in [-0.05, 0) is 81.0 Å². The summed E-state index contributed by atoms with van der Waals surface area (Å²) in [4.78, 5) is 7.22. The van der Waals surface area contributed by atoms with Crippen LogP contribution in [-0.4, -0.2) is 29.1 Å². The number of hydrogen-bond donors (Lipinski definition) is 1. The first-order valence-corrected chi connectivity index (χ1v) is 11.4. The summed E-state index contributed by atoms with van der Waals surface area (Å²) in [6.45, 7) is 14.1. The van der Waals surface area contributed by atoms with Gasteiger partial charge < -0.3 is 10.0 Å². The molecule has 0 saturated carbocycles. The highest BCUT2D eigenvalue weighted by Gasteiger charge is 2.35. The van der Waals surface area contributed by atoms with Gasteiger partial charge >= 0.3 is 0 Å². The predicted molar refractivity (Wildman–Crippen MR) is 133 cm³/mol. The molecule has 0 spiro atoms. The highest BCUT2D eigenvalue weighted by Crippen LogP contribution is 2.43. The summed E-state index contributed by atoms with van der Waals surface area (Å²) >= 11 is 0. The van der Waals surface area contributed by atoms with Gasteiger partial charge in [-0.15, -0.1) is 0 Å². The van der Waals surface area contributed by atoms with Crippen LogP contribution in [-0.2, 0) is 0 Å². The minimum atomic E-state index is -0.770. The Morgan fingerprint density at radius 2 is 1.87 bits per heavy atom. The van der Waals surface area contributed by atoms with E-state index in [1.54, 1.807) is 6.92 Å². The molecule has 0 saturated heterocycles. The average Bonchev–Trinajstić information content (AvgIpc) is 2.71. The molecule has 3 heteroatoms. The normalized spacial score (nSPS) is 19.4. The summed E-state index contributed by atoms with van der Waals surface area (Å²) in [6, 6.07) is 19.4. The summed E-state index contributed by atoms with van der Waals surface area (Å²) in [7, 11) is 0. The predicted octanol–water partition coefficient (Wildman–Crippen LogP) is 6.44. The first-order chi connectivity index (χ1) is 14.7. The van der Waals surface area contributed by atoms with Gasteiger partial charge in [0.05, 0.1) is 5.71 Å². The van der Waals surface area contributed by atoms with Gasteiger partial charge in [0.25, 0.3) is 0 Å². The first kappa shape index (κ1) is 21.6. The summed E-state index contributed by atoms with van der Waals surface area (Å²) in [5.41, 5.74) is 7.06. The number of aliphatic imine (C=N–C) groups is 1. The second-order valence-electron chi connectivity index (χ2n) is 9.52. The smallest absolute Gasteiger partial charge is 0.143 e. The Kier molecular flexibility index (Phi) is 5.65. The van der Waals surface area contributed by atoms with E-state index in [0.29, 0.717) is 5.92 Å². The molecule has 1 aliphatic heterocycles. The van der Waals surface area contributed by atoms with E-state index in [0.717, 1.165) is 29.8 Å². The molecule has 3 aromatic rings. The first-order valence-electron chi connectivity index (χ1n) is 11.4. The van der Waals surface area contributed by atoms with Crippen LogP contribution < -0.4 is 4.90 Å². The number of fused-ring (bicyclic) bond motifs is 2. The second kappa shape index (κ2) is 8.12. The van der Waals surface area contributed by atoms with E-state index in [4.69, 9.17) is 4.99 Å². The van der Waals surface area contributed by atoms with Gasteiger partial charge in [-0.2, -0.15) is 0 Å². The van der Waals surface area contributed by atoms with E-state index in [1.807, 2.05) is 0 Å². The number of aliphatic hydroxyl groups is 1. The third kappa shape index (κ3) is 3.87. The van der Waals surface area contributed by atoms with Crippen LogP contribution in [0.5, 0.6) is 0 Å². The Hall–Kier alpha value is -2.65. The molecule has 0 aromatic heterocycles. The fourth-order valence-electron chi connectivity index (χ4n) is 5.45. The van der Waals surface area contributed by atoms with Crippen molar-refractivity contribution in [3.05, 3.63) is 76.9 Å². The maximum Gasteiger partial charge on any atom is 0.143 e. The Morgan fingerprint density at radius 3 is 2.55 bits per heavy atom. The van der Waals surface area contributed by atoms with Crippen LogP contribution in [0.4, 0.5) is 5.69 Å². The van der Waals surface area contributed by atoms with Crippen molar-refractivity contribution in [3.8, 4) is 0 Å². The molecule has 0 aliphatic carbocycles. The molecule has 3 aromatic carbocycles. The molecule has 4 rings (SSSR count). The van der Waals surface area contributed by atoms with E-state index >= 15 is 0 Å². The fourth-order valence-corrected chi connectivity index (χ4v) is 5.45. The molecule has 1 heterocycles. The highest BCUT2D eigenvalue weighted by atomic mass is 16.3. The van der Waals surface area contributed by atoms with Crippen molar-refractivity contribution in [2.24, 2.45) is 4.99 Å². The zero-order chi connectivity index (χ0) is 22.3. The summed E-state index contributed by atoms with van der Waals surface area (Å²) < 4.78 is 0. The quantitative estimate of drug-likeness (QED) is 0.499. The lowest BCUT2D eigenvalue weighted by molar-refractivity contribution is 0.206. The lowest BCUT2D eigenvalue weighted by Crippen LogP contribution is -2.48. The SMILES string of the molecule is CCN1c2ccc(C(=NC(C)O)c3cccc4cccc(C)c34)cc2C(C)CC1(C)C. The van der Waals surface area contributed by atoms with Crippen LogP contribution in [0.1, 0.15) is 69.2 Å². The highest BCUT2D eigenvalue weighted by molar-refractivity contribution is 6.20. The van der Waals surface area contributed by atoms with Gasteiger partial charge in [-0.3, -0.25) is 4.99 Å². The molecule has 1 N–H and O–H groups in total. The fraction of sp³-hybridized carbons (Fsp3) is 0.393. The number of hydrogen-bond acceptors (Lipinski definition) is 3. The lowest BCUT2D eigenvalue weighted by atomic mass is 9.79. The van der Waals surface area contributed by atoms with Gasteiger partial charge in [-0.25, -0.2) is 0 Å². The molecule has 0 radical (unpaired) electrons. The number of aryl methyl sites for hydroxylation is 1. The van der Waals surface area contributed by atoms with Crippen molar-refractivity contribution in [3.63, 3.8) is 0 Å². The zero-order valence-electron chi connectivity index (χ0n) is 19.6. The Morgan fingerprint density at radius 1 is 1.16 bits per heavy atom. The molecule has 3 nitrogen and oxygen atoms in total. The van der Waals surface area contributed by atoms with Gasteiger partial charge in [0.2, 0.25) is 0 Å². The third-order valence-electron chi connectivity index (χ3n) is 6.66. The monoisotopic (exact) mass is 414 g/mol. The largest absolute Gasteiger partial charge is 0.372 e. The van der Waals surface area contributed by atoms with Crippen LogP contribution in [0.15, 0.2) is 59.6 Å². The van der Waals surface area contributed by atoms with Crippen molar-refractivity contribution in [2.45, 2.75) is 65.6 Å². The Labute approximate surface area is 186 Å². The van der Waals surface area contributed by atoms with Gasteiger partial charge in [0, 0.05) is 28.9 Å². The maximum atomic E-state index is 10.2. The maximum absolute atomic E-state index is 10.2. The molecule has 0 amide bonds. The number of rotatable bonds is 4. The molecule has 2 atom stereocenters. The number of aliphatic hydroxyl groups excluding tert-OH is 1. The number of nitrogens with zero attached hydrogens (tertiary/aromatic N) is 2. The molecule has 162 valence electrons. The third-order valence-corrected chi connectivity index (χ3v) is 6.66. The standard InChI is InChI=1S/C28H34N2O/c1-7-30-25-15-14-22(16-24(25)19(3)17-28(30,5)6)27(29-20(4)31)23-13-9-12-21-11-8-10-18(2)26(21)23/h8-16,19-20,31H,7,17H2,1-6H3.